The van der Waals surface area contributed by atoms with Gasteiger partial charge in [0.25, 0.3) is 0 Å². The zero-order valence-electron chi connectivity index (χ0n) is 17.9. The highest BCUT2D eigenvalue weighted by molar-refractivity contribution is 6.05. The fourth-order valence-corrected chi connectivity index (χ4v) is 2.48. The number of aryl methyl sites for hydroxylation is 1. The normalized spacial score (nSPS) is 12.7. The van der Waals surface area contributed by atoms with Crippen molar-refractivity contribution in [2.45, 2.75) is 39.9 Å². The van der Waals surface area contributed by atoms with E-state index in [1.54, 1.807) is 12.1 Å². The van der Waals surface area contributed by atoms with Gasteiger partial charge in [0.15, 0.2) is 11.4 Å². The minimum atomic E-state index is -1.29. The Kier molecular flexibility index (Phi) is 8.12. The van der Waals surface area contributed by atoms with Crippen LogP contribution in [0.2, 0.25) is 0 Å². The fraction of sp³-hybridized carbons (Fsp3) is 0.348. The molecule has 0 unspecified atom stereocenters. The molecule has 0 saturated heterocycles. The van der Waals surface area contributed by atoms with Crippen LogP contribution in [-0.2, 0) is 16.1 Å². The molecule has 0 fully saturated rings. The van der Waals surface area contributed by atoms with Gasteiger partial charge in [-0.05, 0) is 45.4 Å². The predicted molar refractivity (Wildman–Crippen MR) is 118 cm³/mol. The summed E-state index contributed by atoms with van der Waals surface area (Å²) < 4.78 is 11.2. The Bertz CT molecular complexity index is 901. The highest BCUT2D eigenvalue weighted by Gasteiger charge is 2.29. The lowest BCUT2D eigenvalue weighted by molar-refractivity contribution is -0.152. The number of rotatable bonds is 9. The molecule has 30 heavy (non-hydrogen) atoms. The van der Waals surface area contributed by atoms with Crippen molar-refractivity contribution in [3.05, 3.63) is 65.2 Å². The summed E-state index contributed by atoms with van der Waals surface area (Å²) in [6.45, 7) is 8.11. The predicted octanol–water partition coefficient (Wildman–Crippen LogP) is 3.58. The molecule has 0 radical (unpaired) electrons. The molecule has 0 bridgehead atoms. The monoisotopic (exact) mass is 411 g/mol. The lowest BCUT2D eigenvalue weighted by Crippen LogP contribution is -2.37. The van der Waals surface area contributed by atoms with Gasteiger partial charge in [0.2, 0.25) is 0 Å². The molecule has 7 nitrogen and oxygen atoms in total. The first-order valence-corrected chi connectivity index (χ1v) is 9.75. The first-order chi connectivity index (χ1) is 14.2. The standard InChI is InChI=1S/C23H29N3O4/c1-5-25-20(26-21(24)18-10-6-16(2)7-11-18)15-29-14-17-8-12-19(13-9-17)30-23(3,4)22(27)28/h6-13H,5,14-15H2,1-4H3,(H,27,28)(H2,24,25,26). The molecule has 3 N–H and O–H groups in total. The van der Waals surface area contributed by atoms with Crippen molar-refractivity contribution in [3.8, 4) is 5.75 Å². The molecule has 0 aliphatic heterocycles. The van der Waals surface area contributed by atoms with Crippen LogP contribution in [0.15, 0.2) is 58.5 Å². The van der Waals surface area contributed by atoms with E-state index >= 15 is 0 Å². The first kappa shape index (κ1) is 23.1. The van der Waals surface area contributed by atoms with E-state index in [2.05, 4.69) is 9.98 Å². The van der Waals surface area contributed by atoms with Crippen LogP contribution in [0.4, 0.5) is 0 Å². The van der Waals surface area contributed by atoms with Crippen LogP contribution < -0.4 is 10.5 Å². The summed E-state index contributed by atoms with van der Waals surface area (Å²) in [6.07, 6.45) is 0. The van der Waals surface area contributed by atoms with Crippen molar-refractivity contribution in [3.63, 3.8) is 0 Å². The van der Waals surface area contributed by atoms with E-state index in [4.69, 9.17) is 20.3 Å². The summed E-state index contributed by atoms with van der Waals surface area (Å²) in [5, 5.41) is 9.14. The van der Waals surface area contributed by atoms with E-state index in [9.17, 15) is 4.79 Å². The summed E-state index contributed by atoms with van der Waals surface area (Å²) in [4.78, 5) is 19.9. The van der Waals surface area contributed by atoms with Gasteiger partial charge in [-0.15, -0.1) is 0 Å². The van der Waals surface area contributed by atoms with Crippen molar-refractivity contribution in [2.75, 3.05) is 13.2 Å². The van der Waals surface area contributed by atoms with Crippen LogP contribution in [0.5, 0.6) is 5.75 Å². The smallest absolute Gasteiger partial charge is 0.347 e. The van der Waals surface area contributed by atoms with Crippen LogP contribution in [0.3, 0.4) is 0 Å². The highest BCUT2D eigenvalue weighted by Crippen LogP contribution is 2.19. The molecule has 2 aromatic carbocycles. The van der Waals surface area contributed by atoms with Crippen molar-refractivity contribution < 1.29 is 19.4 Å². The van der Waals surface area contributed by atoms with Crippen molar-refractivity contribution in [1.29, 1.82) is 0 Å². The average Bonchev–Trinajstić information content (AvgIpc) is 2.69. The minimum Gasteiger partial charge on any atom is -0.478 e. The molecule has 0 atom stereocenters. The van der Waals surface area contributed by atoms with E-state index in [1.807, 2.05) is 50.2 Å². The maximum absolute atomic E-state index is 11.2. The lowest BCUT2D eigenvalue weighted by atomic mass is 10.1. The number of ether oxygens (including phenoxy) is 2. The number of hydrogen-bond donors (Lipinski definition) is 2. The third-order valence-electron chi connectivity index (χ3n) is 4.25. The second-order valence-electron chi connectivity index (χ2n) is 7.31. The van der Waals surface area contributed by atoms with E-state index in [0.29, 0.717) is 30.6 Å². The van der Waals surface area contributed by atoms with Gasteiger partial charge in [-0.2, -0.15) is 0 Å². The molecule has 0 saturated carbocycles. The number of nitrogens with zero attached hydrogens (tertiary/aromatic N) is 2. The average molecular weight is 412 g/mol. The molecule has 0 aliphatic carbocycles. The van der Waals surface area contributed by atoms with E-state index in [-0.39, 0.29) is 6.61 Å². The third kappa shape index (κ3) is 7.00. The number of carboxylic acid groups (broad SMARTS) is 1. The quantitative estimate of drug-likeness (QED) is 0.484. The molecule has 0 heterocycles. The number of carboxylic acids is 1. The third-order valence-corrected chi connectivity index (χ3v) is 4.25. The van der Waals surface area contributed by atoms with E-state index in [1.165, 1.54) is 13.8 Å². The van der Waals surface area contributed by atoms with Gasteiger partial charge < -0.3 is 20.3 Å². The summed E-state index contributed by atoms with van der Waals surface area (Å²) in [7, 11) is 0. The number of amidine groups is 2. The number of aliphatic carboxylic acids is 1. The molecule has 160 valence electrons. The molecule has 0 aliphatic rings. The molecule has 7 heteroatoms. The Morgan fingerprint density at radius 1 is 1.10 bits per heavy atom. The Balaban J connectivity index is 1.94. The fourth-order valence-electron chi connectivity index (χ4n) is 2.48. The number of hydrogen-bond acceptors (Lipinski definition) is 4. The SMILES string of the molecule is CCN=C(COCc1ccc(OC(C)(C)C(=O)O)cc1)N=C(N)c1ccc(C)cc1. The van der Waals surface area contributed by atoms with Gasteiger partial charge >= 0.3 is 5.97 Å². The zero-order valence-corrected chi connectivity index (χ0v) is 17.9. The van der Waals surface area contributed by atoms with E-state index in [0.717, 1.165) is 16.7 Å². The van der Waals surface area contributed by atoms with Gasteiger partial charge in [-0.25, -0.2) is 9.79 Å². The molecule has 2 aromatic rings. The summed E-state index contributed by atoms with van der Waals surface area (Å²) >= 11 is 0. The topological polar surface area (TPSA) is 106 Å². The Morgan fingerprint density at radius 3 is 2.30 bits per heavy atom. The molecule has 2 rings (SSSR count). The number of nitrogens with two attached hydrogens (primary N) is 1. The highest BCUT2D eigenvalue weighted by atomic mass is 16.5. The summed E-state index contributed by atoms with van der Waals surface area (Å²) in [6, 6.07) is 14.9. The van der Waals surface area contributed by atoms with Gasteiger partial charge in [-0.1, -0.05) is 42.0 Å². The van der Waals surface area contributed by atoms with Gasteiger partial charge in [0.1, 0.15) is 18.2 Å². The Morgan fingerprint density at radius 2 is 1.73 bits per heavy atom. The van der Waals surface area contributed by atoms with Crippen molar-refractivity contribution in [1.82, 2.24) is 0 Å². The Labute approximate surface area is 177 Å². The second kappa shape index (κ2) is 10.5. The van der Waals surface area contributed by atoms with Crippen LogP contribution >= 0.6 is 0 Å². The van der Waals surface area contributed by atoms with Crippen molar-refractivity contribution >= 4 is 17.6 Å². The number of aliphatic imine (C=N–C) groups is 2. The Hall–Kier alpha value is -3.19. The maximum atomic E-state index is 11.2. The molecule has 0 spiro atoms. The van der Waals surface area contributed by atoms with Crippen LogP contribution in [-0.4, -0.2) is 41.5 Å². The van der Waals surface area contributed by atoms with Crippen LogP contribution in [0.25, 0.3) is 0 Å². The first-order valence-electron chi connectivity index (χ1n) is 9.75. The zero-order chi connectivity index (χ0) is 22.1. The van der Waals surface area contributed by atoms with Crippen LogP contribution in [0.1, 0.15) is 37.5 Å². The largest absolute Gasteiger partial charge is 0.478 e. The second-order valence-corrected chi connectivity index (χ2v) is 7.31. The molecular formula is C23H29N3O4. The summed E-state index contributed by atoms with van der Waals surface area (Å²) in [5.74, 6) is 0.380. The van der Waals surface area contributed by atoms with E-state index < -0.39 is 11.6 Å². The molecule has 0 aromatic heterocycles. The minimum absolute atomic E-state index is 0.227. The van der Waals surface area contributed by atoms with Gasteiger partial charge in [0, 0.05) is 12.1 Å². The molecular weight excluding hydrogens is 382 g/mol. The van der Waals surface area contributed by atoms with Gasteiger partial charge in [-0.3, -0.25) is 4.99 Å². The van der Waals surface area contributed by atoms with Crippen LogP contribution in [0, 0.1) is 6.92 Å². The maximum Gasteiger partial charge on any atom is 0.347 e. The lowest BCUT2D eigenvalue weighted by Gasteiger charge is -2.21. The van der Waals surface area contributed by atoms with Gasteiger partial charge in [0.05, 0.1) is 6.61 Å². The van der Waals surface area contributed by atoms with Crippen molar-refractivity contribution in [2.24, 2.45) is 15.7 Å². The summed E-state index contributed by atoms with van der Waals surface area (Å²) in [5.41, 5.74) is 7.72. The number of carbonyl (C=O) groups is 1. The molecule has 0 amide bonds. The number of benzene rings is 2.